The first kappa shape index (κ1) is 16.6. The van der Waals surface area contributed by atoms with Crippen molar-refractivity contribution in [2.24, 2.45) is 0 Å². The summed E-state index contributed by atoms with van der Waals surface area (Å²) in [5.74, 6) is -2.00. The van der Waals surface area contributed by atoms with Gasteiger partial charge in [-0.2, -0.15) is 5.10 Å². The molecular formula is C18H11F2N5O2. The Morgan fingerprint density at radius 3 is 2.56 bits per heavy atom. The highest BCUT2D eigenvalue weighted by atomic mass is 19.1. The fourth-order valence-corrected chi connectivity index (χ4v) is 2.43. The Hall–Kier alpha value is -3.88. The topological polar surface area (TPSA) is 85.8 Å². The van der Waals surface area contributed by atoms with Crippen LogP contribution in [0.25, 0.3) is 17.4 Å². The van der Waals surface area contributed by atoms with Crippen LogP contribution in [0.2, 0.25) is 0 Å². The standard InChI is InChI=1S/C18H11F2N5O2/c19-11-4-1-5-12(20)16(11)18(26)23-14-10-15(25-8-3-7-21-25)24-17(22-14)13-6-2-9-27-13/h1-10H,(H,22,23,24,26). The van der Waals surface area contributed by atoms with E-state index in [2.05, 4.69) is 20.4 Å². The van der Waals surface area contributed by atoms with Crippen LogP contribution in [0.15, 0.2) is 65.5 Å². The maximum Gasteiger partial charge on any atom is 0.262 e. The minimum absolute atomic E-state index is 0.0366. The van der Waals surface area contributed by atoms with Crippen molar-refractivity contribution in [1.82, 2.24) is 19.7 Å². The van der Waals surface area contributed by atoms with Gasteiger partial charge in [-0.05, 0) is 30.3 Å². The summed E-state index contributed by atoms with van der Waals surface area (Å²) < 4.78 is 34.4. The van der Waals surface area contributed by atoms with Crippen molar-refractivity contribution in [3.8, 4) is 17.4 Å². The lowest BCUT2D eigenvalue weighted by molar-refractivity contribution is 0.101. The highest BCUT2D eigenvalue weighted by Crippen LogP contribution is 2.21. The largest absolute Gasteiger partial charge is 0.461 e. The Labute approximate surface area is 151 Å². The van der Waals surface area contributed by atoms with E-state index in [1.54, 1.807) is 30.6 Å². The molecule has 1 amide bonds. The zero-order chi connectivity index (χ0) is 18.8. The summed E-state index contributed by atoms with van der Waals surface area (Å²) in [6.45, 7) is 0. The molecule has 7 nitrogen and oxygen atoms in total. The number of halogens is 2. The van der Waals surface area contributed by atoms with Crippen LogP contribution in [0.5, 0.6) is 0 Å². The molecule has 0 spiro atoms. The molecule has 1 aromatic carbocycles. The van der Waals surface area contributed by atoms with Crippen LogP contribution in [0, 0.1) is 11.6 Å². The molecule has 0 aliphatic rings. The lowest BCUT2D eigenvalue weighted by Crippen LogP contribution is -2.17. The molecule has 0 atom stereocenters. The molecule has 0 radical (unpaired) electrons. The van der Waals surface area contributed by atoms with E-state index in [0.717, 1.165) is 12.1 Å². The summed E-state index contributed by atoms with van der Waals surface area (Å²) in [6, 6.07) is 9.61. The van der Waals surface area contributed by atoms with Crippen molar-refractivity contribution >= 4 is 11.7 Å². The van der Waals surface area contributed by atoms with E-state index in [-0.39, 0.29) is 11.6 Å². The number of carbonyl (C=O) groups is 1. The smallest absolute Gasteiger partial charge is 0.262 e. The van der Waals surface area contributed by atoms with Crippen molar-refractivity contribution < 1.29 is 18.0 Å². The average Bonchev–Trinajstić information content (AvgIpc) is 3.35. The van der Waals surface area contributed by atoms with Crippen LogP contribution in [-0.2, 0) is 0 Å². The molecule has 134 valence electrons. The summed E-state index contributed by atoms with van der Waals surface area (Å²) in [6.07, 6.45) is 4.66. The van der Waals surface area contributed by atoms with Crippen molar-refractivity contribution in [2.45, 2.75) is 0 Å². The predicted molar refractivity (Wildman–Crippen MR) is 91.2 cm³/mol. The Morgan fingerprint density at radius 2 is 1.89 bits per heavy atom. The second-order valence-corrected chi connectivity index (χ2v) is 5.41. The molecule has 0 unspecified atom stereocenters. The van der Waals surface area contributed by atoms with Gasteiger partial charge in [0, 0.05) is 18.5 Å². The molecule has 9 heteroatoms. The minimum Gasteiger partial charge on any atom is -0.461 e. The second kappa shape index (κ2) is 6.79. The number of anilines is 1. The molecule has 0 aliphatic carbocycles. The number of nitrogens with one attached hydrogen (secondary N) is 1. The summed E-state index contributed by atoms with van der Waals surface area (Å²) in [4.78, 5) is 20.9. The van der Waals surface area contributed by atoms with Gasteiger partial charge in [0.05, 0.1) is 6.26 Å². The Bertz CT molecular complexity index is 1020. The van der Waals surface area contributed by atoms with Crippen LogP contribution < -0.4 is 5.32 Å². The fraction of sp³-hybridized carbons (Fsp3) is 0. The van der Waals surface area contributed by atoms with Crippen molar-refractivity contribution in [1.29, 1.82) is 0 Å². The van der Waals surface area contributed by atoms with Gasteiger partial charge < -0.3 is 9.73 Å². The van der Waals surface area contributed by atoms with Gasteiger partial charge in [-0.1, -0.05) is 6.07 Å². The van der Waals surface area contributed by atoms with E-state index in [1.165, 1.54) is 23.1 Å². The molecule has 3 heterocycles. The van der Waals surface area contributed by atoms with Crippen molar-refractivity contribution in [3.63, 3.8) is 0 Å². The molecule has 0 saturated heterocycles. The van der Waals surface area contributed by atoms with Crippen LogP contribution in [0.1, 0.15) is 10.4 Å². The molecule has 4 rings (SSSR count). The van der Waals surface area contributed by atoms with Crippen LogP contribution in [0.4, 0.5) is 14.6 Å². The summed E-state index contributed by atoms with van der Waals surface area (Å²) >= 11 is 0. The van der Waals surface area contributed by atoms with Gasteiger partial charge >= 0.3 is 0 Å². The van der Waals surface area contributed by atoms with Crippen molar-refractivity contribution in [2.75, 3.05) is 5.32 Å². The lowest BCUT2D eigenvalue weighted by Gasteiger charge is -2.09. The molecule has 0 aliphatic heterocycles. The first-order valence-electron chi connectivity index (χ1n) is 7.80. The van der Waals surface area contributed by atoms with Gasteiger partial charge in [0.25, 0.3) is 5.91 Å². The van der Waals surface area contributed by atoms with Gasteiger partial charge in [-0.15, -0.1) is 0 Å². The molecule has 0 fully saturated rings. The zero-order valence-electron chi connectivity index (χ0n) is 13.6. The monoisotopic (exact) mass is 367 g/mol. The van der Waals surface area contributed by atoms with Crippen molar-refractivity contribution in [3.05, 3.63) is 78.3 Å². The minimum atomic E-state index is -0.972. The highest BCUT2D eigenvalue weighted by Gasteiger charge is 2.19. The van der Waals surface area contributed by atoms with Gasteiger partial charge in [-0.25, -0.2) is 23.4 Å². The number of amides is 1. The molecule has 3 aromatic heterocycles. The lowest BCUT2D eigenvalue weighted by atomic mass is 10.2. The quantitative estimate of drug-likeness (QED) is 0.597. The number of rotatable bonds is 4. The molecule has 0 bridgehead atoms. The number of furan rings is 1. The number of nitrogens with zero attached hydrogens (tertiary/aromatic N) is 4. The van der Waals surface area contributed by atoms with Gasteiger partial charge in [0.15, 0.2) is 17.4 Å². The fourth-order valence-electron chi connectivity index (χ4n) is 2.43. The molecule has 27 heavy (non-hydrogen) atoms. The average molecular weight is 367 g/mol. The SMILES string of the molecule is O=C(Nc1cc(-n2cccn2)nc(-c2ccco2)n1)c1c(F)cccc1F. The van der Waals surface area contributed by atoms with E-state index in [4.69, 9.17) is 4.42 Å². The number of benzene rings is 1. The van der Waals surface area contributed by atoms with E-state index in [9.17, 15) is 13.6 Å². The second-order valence-electron chi connectivity index (χ2n) is 5.41. The number of hydrogen-bond donors (Lipinski definition) is 1. The van der Waals surface area contributed by atoms with Crippen LogP contribution >= 0.6 is 0 Å². The normalized spacial score (nSPS) is 10.7. The summed E-state index contributed by atoms with van der Waals surface area (Å²) in [5.41, 5.74) is -0.698. The van der Waals surface area contributed by atoms with E-state index < -0.39 is 23.1 Å². The summed E-state index contributed by atoms with van der Waals surface area (Å²) in [5, 5.41) is 6.47. The van der Waals surface area contributed by atoms with E-state index >= 15 is 0 Å². The van der Waals surface area contributed by atoms with Gasteiger partial charge in [-0.3, -0.25) is 4.79 Å². The summed E-state index contributed by atoms with van der Waals surface area (Å²) in [7, 11) is 0. The Kier molecular flexibility index (Phi) is 4.17. The van der Waals surface area contributed by atoms with Gasteiger partial charge in [0.1, 0.15) is 23.0 Å². The predicted octanol–water partition coefficient (Wildman–Crippen LogP) is 3.45. The third-order valence-electron chi connectivity index (χ3n) is 3.62. The molecule has 4 aromatic rings. The first-order valence-corrected chi connectivity index (χ1v) is 7.80. The zero-order valence-corrected chi connectivity index (χ0v) is 13.6. The maximum atomic E-state index is 13.8. The third kappa shape index (κ3) is 3.30. The van der Waals surface area contributed by atoms with Gasteiger partial charge in [0.2, 0.25) is 0 Å². The Balaban J connectivity index is 1.75. The Morgan fingerprint density at radius 1 is 1.07 bits per heavy atom. The van der Waals surface area contributed by atoms with Crippen LogP contribution in [-0.4, -0.2) is 25.7 Å². The molecular weight excluding hydrogens is 356 g/mol. The maximum absolute atomic E-state index is 13.8. The molecule has 1 N–H and O–H groups in total. The van der Waals surface area contributed by atoms with E-state index in [0.29, 0.717) is 11.6 Å². The highest BCUT2D eigenvalue weighted by molar-refractivity contribution is 6.04. The van der Waals surface area contributed by atoms with Crippen LogP contribution in [0.3, 0.4) is 0 Å². The number of hydrogen-bond acceptors (Lipinski definition) is 5. The van der Waals surface area contributed by atoms with E-state index in [1.807, 2.05) is 0 Å². The third-order valence-corrected chi connectivity index (χ3v) is 3.62. The number of aromatic nitrogens is 4. The first-order chi connectivity index (χ1) is 13.1. The number of carbonyl (C=O) groups excluding carboxylic acids is 1. The molecule has 0 saturated carbocycles.